The fourth-order valence-corrected chi connectivity index (χ4v) is 5.13. The van der Waals surface area contributed by atoms with Gasteiger partial charge in [0.1, 0.15) is 18.5 Å². The van der Waals surface area contributed by atoms with Crippen LogP contribution in [0.3, 0.4) is 0 Å². The van der Waals surface area contributed by atoms with Gasteiger partial charge in [0.25, 0.3) is 0 Å². The number of hydrogen-bond acceptors (Lipinski definition) is 5. The number of rotatable bonds is 11. The summed E-state index contributed by atoms with van der Waals surface area (Å²) in [5.74, 6) is 0.303. The molecular formula is C26H38O6. The molecule has 178 valence electrons. The normalized spacial score (nSPS) is 29.9. The first-order chi connectivity index (χ1) is 15.5. The fraction of sp³-hybridized carbons (Fsp3) is 0.654. The van der Waals surface area contributed by atoms with Crippen LogP contribution in [0.4, 0.5) is 0 Å². The number of aliphatic hydroxyl groups is 2. The molecule has 0 bridgehead atoms. The van der Waals surface area contributed by atoms with Crippen LogP contribution in [0.2, 0.25) is 0 Å². The molecule has 0 spiro atoms. The molecule has 2 unspecified atom stereocenters. The molecule has 2 aliphatic rings. The number of benzene rings is 1. The fourth-order valence-electron chi connectivity index (χ4n) is 5.13. The lowest BCUT2D eigenvalue weighted by Gasteiger charge is -2.21. The van der Waals surface area contributed by atoms with Gasteiger partial charge in [0.05, 0.1) is 18.1 Å². The second-order valence-electron chi connectivity index (χ2n) is 9.34. The topological polar surface area (TPSA) is 96.2 Å². The lowest BCUT2D eigenvalue weighted by Crippen LogP contribution is -2.22. The Balaban J connectivity index is 1.49. The lowest BCUT2D eigenvalue weighted by atomic mass is 9.85. The van der Waals surface area contributed by atoms with E-state index in [1.165, 1.54) is 0 Å². The zero-order chi connectivity index (χ0) is 22.9. The van der Waals surface area contributed by atoms with Crippen molar-refractivity contribution < 1.29 is 29.6 Å². The van der Waals surface area contributed by atoms with Crippen molar-refractivity contribution in [2.45, 2.75) is 70.2 Å². The average Bonchev–Trinajstić information content (AvgIpc) is 2.95. The minimum Gasteiger partial charge on any atom is -0.491 e. The van der Waals surface area contributed by atoms with E-state index in [1.807, 2.05) is 43.3 Å². The first-order valence-electron chi connectivity index (χ1n) is 12.0. The summed E-state index contributed by atoms with van der Waals surface area (Å²) in [4.78, 5) is 11.4. The van der Waals surface area contributed by atoms with Gasteiger partial charge in [-0.15, -0.1) is 0 Å². The minimum absolute atomic E-state index is 0.0216. The van der Waals surface area contributed by atoms with Crippen LogP contribution in [0.1, 0.15) is 51.9 Å². The van der Waals surface area contributed by atoms with Gasteiger partial charge in [-0.2, -0.15) is 0 Å². The van der Waals surface area contributed by atoms with Crippen LogP contribution in [0.5, 0.6) is 5.75 Å². The van der Waals surface area contributed by atoms with Crippen LogP contribution >= 0.6 is 0 Å². The first kappa shape index (κ1) is 24.7. The van der Waals surface area contributed by atoms with Crippen molar-refractivity contribution in [2.24, 2.45) is 23.7 Å². The Bertz CT molecular complexity index is 720. The third-order valence-corrected chi connectivity index (χ3v) is 6.97. The molecule has 0 radical (unpaired) electrons. The number of ether oxygens (including phenoxy) is 2. The highest BCUT2D eigenvalue weighted by Crippen LogP contribution is 2.42. The molecule has 0 aromatic heterocycles. The summed E-state index contributed by atoms with van der Waals surface area (Å²) >= 11 is 0. The van der Waals surface area contributed by atoms with Crippen LogP contribution in [0.15, 0.2) is 42.5 Å². The molecule has 32 heavy (non-hydrogen) atoms. The zero-order valence-corrected chi connectivity index (χ0v) is 19.0. The van der Waals surface area contributed by atoms with Gasteiger partial charge in [0.15, 0.2) is 0 Å². The highest BCUT2D eigenvalue weighted by Gasteiger charge is 2.43. The van der Waals surface area contributed by atoms with E-state index >= 15 is 0 Å². The Morgan fingerprint density at radius 3 is 2.75 bits per heavy atom. The van der Waals surface area contributed by atoms with E-state index in [0.717, 1.165) is 32.1 Å². The van der Waals surface area contributed by atoms with E-state index in [9.17, 15) is 20.1 Å². The number of carboxylic acid groups (broad SMARTS) is 1. The van der Waals surface area contributed by atoms with Crippen molar-refractivity contribution in [1.82, 2.24) is 0 Å². The Morgan fingerprint density at radius 2 is 2.03 bits per heavy atom. The number of carboxylic acids is 1. The number of fused-ring (bicyclic) bond motifs is 1. The summed E-state index contributed by atoms with van der Waals surface area (Å²) in [7, 11) is 0. The van der Waals surface area contributed by atoms with Crippen molar-refractivity contribution in [3.8, 4) is 5.75 Å². The molecule has 7 atom stereocenters. The average molecular weight is 447 g/mol. The number of aliphatic hydroxyl groups excluding tert-OH is 2. The predicted molar refractivity (Wildman–Crippen MR) is 122 cm³/mol. The number of para-hydroxylation sites is 1. The number of hydrogen-bond donors (Lipinski definition) is 3. The van der Waals surface area contributed by atoms with Crippen molar-refractivity contribution in [3.63, 3.8) is 0 Å². The molecule has 1 aliphatic heterocycles. The Hall–Kier alpha value is -1.89. The highest BCUT2D eigenvalue weighted by molar-refractivity contribution is 5.69. The van der Waals surface area contributed by atoms with Crippen LogP contribution in [0.25, 0.3) is 0 Å². The predicted octanol–water partition coefficient (Wildman–Crippen LogP) is 4.06. The second kappa shape index (κ2) is 12.4. The van der Waals surface area contributed by atoms with Gasteiger partial charge in [0, 0.05) is 18.9 Å². The number of aliphatic carboxylic acids is 1. The molecule has 1 heterocycles. The summed E-state index contributed by atoms with van der Waals surface area (Å²) in [6.45, 7) is 2.82. The molecule has 1 saturated carbocycles. The molecule has 1 aromatic rings. The van der Waals surface area contributed by atoms with E-state index in [1.54, 1.807) is 6.08 Å². The second-order valence-corrected chi connectivity index (χ2v) is 9.34. The SMILES string of the molecule is CCCC(CCC1CC[C@@H]2[C@@H](C=C[C@@H](O)COc3ccccc3)[C@H](O)C[C@H]2OC1)C(=O)O. The Labute approximate surface area is 191 Å². The van der Waals surface area contributed by atoms with Crippen LogP contribution in [0, 0.1) is 23.7 Å². The van der Waals surface area contributed by atoms with Gasteiger partial charge in [-0.25, -0.2) is 0 Å². The van der Waals surface area contributed by atoms with E-state index < -0.39 is 18.2 Å². The van der Waals surface area contributed by atoms with Gasteiger partial charge in [-0.05, 0) is 56.1 Å². The highest BCUT2D eigenvalue weighted by atomic mass is 16.5. The molecule has 1 saturated heterocycles. The summed E-state index contributed by atoms with van der Waals surface area (Å²) in [6, 6.07) is 9.38. The molecule has 6 heteroatoms. The lowest BCUT2D eigenvalue weighted by molar-refractivity contribution is -0.142. The molecule has 3 N–H and O–H groups in total. The van der Waals surface area contributed by atoms with E-state index in [0.29, 0.717) is 31.1 Å². The van der Waals surface area contributed by atoms with Crippen molar-refractivity contribution in [2.75, 3.05) is 13.2 Å². The molecule has 6 nitrogen and oxygen atoms in total. The largest absolute Gasteiger partial charge is 0.491 e. The molecule has 0 amide bonds. The first-order valence-corrected chi connectivity index (χ1v) is 12.0. The van der Waals surface area contributed by atoms with Crippen LogP contribution in [-0.4, -0.2) is 52.8 Å². The third-order valence-electron chi connectivity index (χ3n) is 6.97. The summed E-state index contributed by atoms with van der Waals surface area (Å²) in [5.41, 5.74) is 0. The monoisotopic (exact) mass is 446 g/mol. The van der Waals surface area contributed by atoms with E-state index in [-0.39, 0.29) is 30.5 Å². The van der Waals surface area contributed by atoms with E-state index in [4.69, 9.17) is 9.47 Å². The maximum atomic E-state index is 11.4. The third kappa shape index (κ3) is 7.06. The quantitative estimate of drug-likeness (QED) is 0.444. The standard InChI is InChI=1S/C26H38O6/c1-2-6-19(26(29)30)11-9-18-10-13-23-22(24(28)15-25(23)32-16-18)14-12-20(27)17-31-21-7-4-3-5-8-21/h3-5,7-8,12,14,18-20,22-25,27-28H,2,6,9-11,13,15-17H2,1H3,(H,29,30)/t18?,19?,20-,22-,23-,24-,25-/m1/s1. The van der Waals surface area contributed by atoms with Crippen molar-refractivity contribution in [3.05, 3.63) is 42.5 Å². The molecule has 1 aliphatic carbocycles. The smallest absolute Gasteiger partial charge is 0.306 e. The van der Waals surface area contributed by atoms with Crippen molar-refractivity contribution in [1.29, 1.82) is 0 Å². The van der Waals surface area contributed by atoms with Gasteiger partial charge in [-0.3, -0.25) is 4.79 Å². The van der Waals surface area contributed by atoms with Gasteiger partial charge in [0.2, 0.25) is 0 Å². The van der Waals surface area contributed by atoms with Gasteiger partial charge in [-0.1, -0.05) is 43.7 Å². The number of carbonyl (C=O) groups is 1. The molecule has 1 aromatic carbocycles. The maximum Gasteiger partial charge on any atom is 0.306 e. The molecular weight excluding hydrogens is 408 g/mol. The van der Waals surface area contributed by atoms with Crippen LogP contribution in [-0.2, 0) is 9.53 Å². The molecule has 2 fully saturated rings. The van der Waals surface area contributed by atoms with E-state index in [2.05, 4.69) is 0 Å². The van der Waals surface area contributed by atoms with Gasteiger partial charge >= 0.3 is 5.97 Å². The summed E-state index contributed by atoms with van der Waals surface area (Å²) in [6.07, 6.45) is 8.18. The van der Waals surface area contributed by atoms with Gasteiger partial charge < -0.3 is 24.8 Å². The Kier molecular flexibility index (Phi) is 9.57. The summed E-state index contributed by atoms with van der Waals surface area (Å²) in [5, 5.41) is 30.3. The minimum atomic E-state index is -0.743. The molecule has 3 rings (SSSR count). The maximum absolute atomic E-state index is 11.4. The van der Waals surface area contributed by atoms with Crippen molar-refractivity contribution >= 4 is 5.97 Å². The summed E-state index contributed by atoms with van der Waals surface area (Å²) < 4.78 is 11.8. The van der Waals surface area contributed by atoms with Crippen LogP contribution < -0.4 is 4.74 Å². The zero-order valence-electron chi connectivity index (χ0n) is 19.0. The Morgan fingerprint density at radius 1 is 1.25 bits per heavy atom.